The minimum Gasteiger partial charge on any atom is -1.00 e. The fourth-order valence-electron chi connectivity index (χ4n) is 2.95. The van der Waals surface area contributed by atoms with E-state index in [0.717, 1.165) is 26.4 Å². The number of nitrogens with one attached hydrogen (secondary N) is 1. The monoisotopic (exact) mass is 379 g/mol. The molecule has 0 aromatic rings. The van der Waals surface area contributed by atoms with E-state index < -0.39 is 0 Å². The van der Waals surface area contributed by atoms with Crippen molar-refractivity contribution in [1.29, 1.82) is 0 Å². The lowest BCUT2D eigenvalue weighted by atomic mass is 10.1. The molecule has 1 N–H and O–H groups in total. The molecule has 0 rings (SSSR count). The molecule has 3 nitrogen and oxygen atoms in total. The van der Waals surface area contributed by atoms with Gasteiger partial charge in [-0.25, -0.2) is 0 Å². The first-order chi connectivity index (χ1) is 11.7. The highest BCUT2D eigenvalue weighted by molar-refractivity contribution is 4.55. The van der Waals surface area contributed by atoms with Crippen molar-refractivity contribution in [2.75, 3.05) is 40.5 Å². The van der Waals surface area contributed by atoms with Crippen LogP contribution in [0.15, 0.2) is 0 Å². The molecule has 0 aliphatic rings. The first-order valence-electron chi connectivity index (χ1n) is 10.7. The van der Waals surface area contributed by atoms with Crippen LogP contribution >= 0.6 is 0 Å². The SMILES string of the molecule is CCCCCCCCOCC(C[NH+](C)C)OCCCCCCCC.[Cl-]. The summed E-state index contributed by atoms with van der Waals surface area (Å²) in [7, 11) is 4.38. The summed E-state index contributed by atoms with van der Waals surface area (Å²) in [6, 6.07) is 0. The smallest absolute Gasteiger partial charge is 0.129 e. The van der Waals surface area contributed by atoms with Gasteiger partial charge in [0, 0.05) is 13.2 Å². The van der Waals surface area contributed by atoms with E-state index in [1.54, 1.807) is 0 Å². The van der Waals surface area contributed by atoms with Gasteiger partial charge in [0.25, 0.3) is 0 Å². The van der Waals surface area contributed by atoms with Gasteiger partial charge >= 0.3 is 0 Å². The van der Waals surface area contributed by atoms with E-state index in [0.29, 0.717) is 0 Å². The zero-order valence-electron chi connectivity index (χ0n) is 17.6. The normalized spacial score (nSPS) is 12.4. The summed E-state index contributed by atoms with van der Waals surface area (Å²) in [5.41, 5.74) is 0. The predicted molar refractivity (Wildman–Crippen MR) is 105 cm³/mol. The second-order valence-corrected chi connectivity index (χ2v) is 7.51. The standard InChI is InChI=1S/C21H45NO2.ClH/c1-5-7-9-11-13-15-17-23-20-21(19-22(3)4)24-18-16-14-12-10-8-6-2;/h21H,5-20H2,1-4H3;1H. The summed E-state index contributed by atoms with van der Waals surface area (Å²) < 4.78 is 11.9. The quantitative estimate of drug-likeness (QED) is 0.341. The topological polar surface area (TPSA) is 22.9 Å². The van der Waals surface area contributed by atoms with Gasteiger partial charge in [-0.3, -0.25) is 0 Å². The van der Waals surface area contributed by atoms with E-state index >= 15 is 0 Å². The Labute approximate surface area is 164 Å². The molecule has 0 fully saturated rings. The molecule has 0 spiro atoms. The van der Waals surface area contributed by atoms with Gasteiger partial charge in [-0.1, -0.05) is 78.1 Å². The van der Waals surface area contributed by atoms with Crippen LogP contribution in [0.5, 0.6) is 0 Å². The summed E-state index contributed by atoms with van der Waals surface area (Å²) >= 11 is 0. The highest BCUT2D eigenvalue weighted by Crippen LogP contribution is 2.07. The Hall–Kier alpha value is 0.170. The molecule has 0 saturated heterocycles. The van der Waals surface area contributed by atoms with Crippen LogP contribution in [0.4, 0.5) is 0 Å². The van der Waals surface area contributed by atoms with Crippen molar-refractivity contribution in [1.82, 2.24) is 0 Å². The Morgan fingerprint density at radius 3 is 1.68 bits per heavy atom. The zero-order chi connectivity index (χ0) is 17.9. The molecule has 0 heterocycles. The van der Waals surface area contributed by atoms with Gasteiger partial charge in [0.05, 0.1) is 20.7 Å². The summed E-state index contributed by atoms with van der Waals surface area (Å²) in [6.45, 7) is 8.11. The lowest BCUT2D eigenvalue weighted by Crippen LogP contribution is -3.07. The lowest BCUT2D eigenvalue weighted by molar-refractivity contribution is -0.862. The molecular formula is C21H46ClNO2. The molecule has 154 valence electrons. The Bertz CT molecular complexity index is 240. The largest absolute Gasteiger partial charge is 1.00 e. The summed E-state index contributed by atoms with van der Waals surface area (Å²) in [5, 5.41) is 0. The summed E-state index contributed by atoms with van der Waals surface area (Å²) in [6.07, 6.45) is 16.1. The van der Waals surface area contributed by atoms with E-state index in [-0.39, 0.29) is 18.5 Å². The van der Waals surface area contributed by atoms with Crippen LogP contribution in [0.3, 0.4) is 0 Å². The van der Waals surface area contributed by atoms with Crippen molar-refractivity contribution in [3.63, 3.8) is 0 Å². The molecule has 0 aromatic heterocycles. The fraction of sp³-hybridized carbons (Fsp3) is 1.00. The Kier molecular flexibility index (Phi) is 24.3. The van der Waals surface area contributed by atoms with E-state index in [1.807, 2.05) is 0 Å². The number of likely N-dealkylation sites (N-methyl/N-ethyl adjacent to an activating group) is 1. The molecule has 0 aliphatic carbocycles. The number of ether oxygens (including phenoxy) is 2. The van der Waals surface area contributed by atoms with Gasteiger partial charge in [-0.15, -0.1) is 0 Å². The number of quaternary nitrogens is 1. The second-order valence-electron chi connectivity index (χ2n) is 7.51. The minimum absolute atomic E-state index is 0. The average molecular weight is 380 g/mol. The molecular weight excluding hydrogens is 334 g/mol. The maximum Gasteiger partial charge on any atom is 0.129 e. The van der Waals surface area contributed by atoms with Crippen molar-refractivity contribution in [3.05, 3.63) is 0 Å². The van der Waals surface area contributed by atoms with Crippen LogP contribution in [0.2, 0.25) is 0 Å². The first kappa shape index (κ1) is 27.4. The summed E-state index contributed by atoms with van der Waals surface area (Å²) in [5.74, 6) is 0. The molecule has 0 aliphatic heterocycles. The number of unbranched alkanes of at least 4 members (excludes halogenated alkanes) is 10. The number of hydrogen-bond acceptors (Lipinski definition) is 2. The molecule has 1 atom stereocenters. The molecule has 0 amide bonds. The van der Waals surface area contributed by atoms with Gasteiger partial charge in [-0.2, -0.15) is 0 Å². The van der Waals surface area contributed by atoms with E-state index in [4.69, 9.17) is 9.47 Å². The predicted octanol–water partition coefficient (Wildman–Crippen LogP) is 1.26. The highest BCUT2D eigenvalue weighted by Gasteiger charge is 2.13. The maximum absolute atomic E-state index is 6.07. The van der Waals surface area contributed by atoms with Crippen LogP contribution in [0.25, 0.3) is 0 Å². The van der Waals surface area contributed by atoms with E-state index in [2.05, 4.69) is 27.9 Å². The van der Waals surface area contributed by atoms with Crippen molar-refractivity contribution >= 4 is 0 Å². The number of hydrogen-bond donors (Lipinski definition) is 1. The van der Waals surface area contributed by atoms with Crippen LogP contribution in [-0.4, -0.2) is 46.6 Å². The minimum atomic E-state index is 0. The van der Waals surface area contributed by atoms with Crippen LogP contribution in [0.1, 0.15) is 90.9 Å². The molecule has 0 saturated carbocycles. The first-order valence-corrected chi connectivity index (χ1v) is 10.7. The van der Waals surface area contributed by atoms with Gasteiger partial charge in [-0.05, 0) is 12.8 Å². The maximum atomic E-state index is 6.07. The summed E-state index contributed by atoms with van der Waals surface area (Å²) in [4.78, 5) is 1.44. The van der Waals surface area contributed by atoms with Crippen LogP contribution < -0.4 is 17.3 Å². The van der Waals surface area contributed by atoms with Crippen molar-refractivity contribution in [2.24, 2.45) is 0 Å². The second kappa shape index (κ2) is 22.2. The molecule has 25 heavy (non-hydrogen) atoms. The van der Waals surface area contributed by atoms with Crippen molar-refractivity contribution < 1.29 is 26.8 Å². The van der Waals surface area contributed by atoms with Crippen molar-refractivity contribution in [3.8, 4) is 0 Å². The average Bonchev–Trinajstić information content (AvgIpc) is 2.55. The third-order valence-electron chi connectivity index (χ3n) is 4.43. The number of rotatable bonds is 19. The highest BCUT2D eigenvalue weighted by atomic mass is 35.5. The Morgan fingerprint density at radius 1 is 0.680 bits per heavy atom. The number of halogens is 1. The fourth-order valence-corrected chi connectivity index (χ4v) is 2.95. The molecule has 1 unspecified atom stereocenters. The zero-order valence-corrected chi connectivity index (χ0v) is 18.3. The van der Waals surface area contributed by atoms with Gasteiger partial charge in [0.15, 0.2) is 0 Å². The molecule has 0 aromatic carbocycles. The van der Waals surface area contributed by atoms with Gasteiger partial charge < -0.3 is 26.8 Å². The van der Waals surface area contributed by atoms with Gasteiger partial charge in [0.2, 0.25) is 0 Å². The van der Waals surface area contributed by atoms with E-state index in [1.165, 1.54) is 81.9 Å². The lowest BCUT2D eigenvalue weighted by Gasteiger charge is -2.19. The third kappa shape index (κ3) is 22.1. The Balaban J connectivity index is 0. The molecule has 4 heteroatoms. The molecule has 0 bridgehead atoms. The van der Waals surface area contributed by atoms with Crippen molar-refractivity contribution in [2.45, 2.75) is 97.0 Å². The van der Waals surface area contributed by atoms with Crippen LogP contribution in [-0.2, 0) is 9.47 Å². The third-order valence-corrected chi connectivity index (χ3v) is 4.43. The van der Waals surface area contributed by atoms with E-state index in [9.17, 15) is 0 Å². The van der Waals surface area contributed by atoms with Crippen LogP contribution in [0, 0.1) is 0 Å². The molecule has 0 radical (unpaired) electrons. The van der Waals surface area contributed by atoms with Gasteiger partial charge in [0.1, 0.15) is 12.6 Å². The Morgan fingerprint density at radius 2 is 1.16 bits per heavy atom.